The maximum atomic E-state index is 9.57. The van der Waals surface area contributed by atoms with Crippen LogP contribution in [0.5, 0.6) is 0 Å². The fourth-order valence-corrected chi connectivity index (χ4v) is 5.62. The Bertz CT molecular complexity index is 1170. The van der Waals surface area contributed by atoms with Crippen LogP contribution in [-0.2, 0) is 34.0 Å². The molecule has 3 rings (SSSR count). The second kappa shape index (κ2) is 23.2. The quantitative estimate of drug-likeness (QED) is 0.0413. The number of hydrogen-bond donors (Lipinski definition) is 0. The number of nitrogens with zero attached hydrogens (tertiary/aromatic N) is 3. The van der Waals surface area contributed by atoms with Crippen LogP contribution in [0.25, 0.3) is 10.4 Å². The number of azide groups is 1. The van der Waals surface area contributed by atoms with Gasteiger partial charge >= 0.3 is 0 Å². The molecule has 0 amide bonds. The van der Waals surface area contributed by atoms with Gasteiger partial charge < -0.3 is 14.2 Å². The van der Waals surface area contributed by atoms with Gasteiger partial charge in [0, 0.05) is 4.91 Å². The van der Waals surface area contributed by atoms with Gasteiger partial charge in [0.05, 0.1) is 44.7 Å². The third-order valence-electron chi connectivity index (χ3n) is 8.21. The van der Waals surface area contributed by atoms with Crippen molar-refractivity contribution in [2.24, 2.45) is 11.0 Å². The van der Waals surface area contributed by atoms with E-state index in [1.165, 1.54) is 51.4 Å². The van der Waals surface area contributed by atoms with Crippen LogP contribution in [-0.4, -0.2) is 24.9 Å². The average Bonchev–Trinajstić information content (AvgIpc) is 3.07. The average molecular weight is 614 g/mol. The lowest BCUT2D eigenvalue weighted by atomic mass is 9.98. The first-order chi connectivity index (χ1) is 22.2. The molecular formula is C39H55N3O3. The minimum atomic E-state index is -0.529. The van der Waals surface area contributed by atoms with Crippen molar-refractivity contribution in [1.82, 2.24) is 0 Å². The van der Waals surface area contributed by atoms with E-state index >= 15 is 0 Å². The molecule has 0 bridgehead atoms. The van der Waals surface area contributed by atoms with E-state index in [9.17, 15) is 5.53 Å². The molecule has 0 radical (unpaired) electrons. The van der Waals surface area contributed by atoms with Crippen molar-refractivity contribution >= 4 is 0 Å². The molecule has 244 valence electrons. The van der Waals surface area contributed by atoms with Crippen LogP contribution in [0.1, 0.15) is 101 Å². The van der Waals surface area contributed by atoms with Gasteiger partial charge in [0.2, 0.25) is 0 Å². The van der Waals surface area contributed by atoms with E-state index in [0.717, 1.165) is 41.9 Å². The van der Waals surface area contributed by atoms with E-state index in [1.807, 2.05) is 66.7 Å². The summed E-state index contributed by atoms with van der Waals surface area (Å²) in [4.78, 5) is 3.21. The number of rotatable bonds is 25. The lowest BCUT2D eigenvalue weighted by molar-refractivity contribution is -0.108. The highest BCUT2D eigenvalue weighted by molar-refractivity contribution is 5.15. The van der Waals surface area contributed by atoms with Gasteiger partial charge in [0.1, 0.15) is 0 Å². The van der Waals surface area contributed by atoms with Gasteiger partial charge in [-0.3, -0.25) is 0 Å². The van der Waals surface area contributed by atoms with E-state index in [-0.39, 0.29) is 12.7 Å². The van der Waals surface area contributed by atoms with Crippen LogP contribution in [0.15, 0.2) is 96.1 Å². The first-order valence-corrected chi connectivity index (χ1v) is 17.1. The first kappa shape index (κ1) is 36.3. The number of ether oxygens (including phenoxy) is 3. The normalized spacial score (nSPS) is 13.3. The number of benzene rings is 3. The van der Waals surface area contributed by atoms with Gasteiger partial charge in [-0.25, -0.2) is 0 Å². The Labute approximate surface area is 272 Å². The molecule has 3 atom stereocenters. The highest BCUT2D eigenvalue weighted by Gasteiger charge is 2.31. The second-order valence-electron chi connectivity index (χ2n) is 12.5. The molecule has 3 aromatic rings. The molecule has 0 saturated carbocycles. The van der Waals surface area contributed by atoms with E-state index < -0.39 is 12.1 Å². The molecule has 45 heavy (non-hydrogen) atoms. The molecule has 0 saturated heterocycles. The minimum absolute atomic E-state index is 0.245. The summed E-state index contributed by atoms with van der Waals surface area (Å²) < 4.78 is 19.3. The van der Waals surface area contributed by atoms with Gasteiger partial charge in [-0.1, -0.05) is 174 Å². The van der Waals surface area contributed by atoms with Crippen molar-refractivity contribution in [1.29, 1.82) is 0 Å². The number of hydrogen-bond acceptors (Lipinski definition) is 4. The van der Waals surface area contributed by atoms with Gasteiger partial charge in [0.15, 0.2) is 0 Å². The molecule has 0 spiro atoms. The molecule has 0 heterocycles. The zero-order chi connectivity index (χ0) is 31.8. The highest BCUT2D eigenvalue weighted by Crippen LogP contribution is 2.23. The van der Waals surface area contributed by atoms with Crippen LogP contribution in [0.3, 0.4) is 0 Å². The maximum Gasteiger partial charge on any atom is 0.0948 e. The third kappa shape index (κ3) is 16.1. The van der Waals surface area contributed by atoms with E-state index in [4.69, 9.17) is 14.2 Å². The van der Waals surface area contributed by atoms with Crippen molar-refractivity contribution in [3.63, 3.8) is 0 Å². The fraction of sp³-hybridized carbons (Fsp3) is 0.538. The standard InChI is InChI=1S/C39H55N3O3/c1-33(2)21-13-8-6-4-3-5-7-9-20-28-38(44-30-35-24-16-11-17-25-35)39(45-31-36-26-18-12-19-27-36)37(41-42-40)32-43-29-34-22-14-10-15-23-34/h10-12,14-19,22-27,33,37-39H,3-9,13,20-21,28-32H2,1-2H3/t37-,38+,39-/m0/s1. The van der Waals surface area contributed by atoms with E-state index in [2.05, 4.69) is 48.1 Å². The van der Waals surface area contributed by atoms with Crippen LogP contribution in [0.2, 0.25) is 0 Å². The summed E-state index contributed by atoms with van der Waals surface area (Å²) in [5.74, 6) is 0.817. The SMILES string of the molecule is CC(C)CCCCCCCCCCC[C@@H](OCc1ccccc1)[C@@H](OCc1ccccc1)[C@H](COCc1ccccc1)N=[N+]=[N-]. The topological polar surface area (TPSA) is 76.5 Å². The molecule has 0 aromatic heterocycles. The van der Waals surface area contributed by atoms with Crippen molar-refractivity contribution in [2.75, 3.05) is 6.61 Å². The van der Waals surface area contributed by atoms with Crippen molar-refractivity contribution in [3.05, 3.63) is 118 Å². The first-order valence-electron chi connectivity index (χ1n) is 17.1. The van der Waals surface area contributed by atoms with Crippen LogP contribution >= 0.6 is 0 Å². The molecule has 6 nitrogen and oxygen atoms in total. The zero-order valence-electron chi connectivity index (χ0n) is 27.6. The Kier molecular flexibility index (Phi) is 18.7. The predicted molar refractivity (Wildman–Crippen MR) is 185 cm³/mol. The molecule has 0 aliphatic rings. The van der Waals surface area contributed by atoms with E-state index in [0.29, 0.717) is 19.8 Å². The second-order valence-corrected chi connectivity index (χ2v) is 12.5. The maximum absolute atomic E-state index is 9.57. The zero-order valence-corrected chi connectivity index (χ0v) is 27.6. The lowest BCUT2D eigenvalue weighted by Crippen LogP contribution is -2.42. The van der Waals surface area contributed by atoms with E-state index in [1.54, 1.807) is 0 Å². The largest absolute Gasteiger partial charge is 0.376 e. The summed E-state index contributed by atoms with van der Waals surface area (Å²) >= 11 is 0. The molecule has 0 unspecified atom stereocenters. The molecule has 0 fully saturated rings. The van der Waals surface area contributed by atoms with Gasteiger partial charge in [-0.2, -0.15) is 0 Å². The molecule has 0 aliphatic carbocycles. The van der Waals surface area contributed by atoms with Gasteiger partial charge in [-0.05, 0) is 34.6 Å². The third-order valence-corrected chi connectivity index (χ3v) is 8.21. The summed E-state index contributed by atoms with van der Waals surface area (Å²) in [5, 5.41) is 4.20. The highest BCUT2D eigenvalue weighted by atomic mass is 16.5. The number of unbranched alkanes of at least 4 members (excludes halogenated alkanes) is 8. The summed E-state index contributed by atoms with van der Waals surface area (Å²) in [5.41, 5.74) is 12.8. The van der Waals surface area contributed by atoms with Crippen molar-refractivity contribution in [2.45, 2.75) is 123 Å². The Morgan fingerprint density at radius 1 is 0.578 bits per heavy atom. The predicted octanol–water partition coefficient (Wildman–Crippen LogP) is 11.0. The Balaban J connectivity index is 1.62. The van der Waals surface area contributed by atoms with Crippen LogP contribution < -0.4 is 0 Å². The van der Waals surface area contributed by atoms with Crippen LogP contribution in [0.4, 0.5) is 0 Å². The minimum Gasteiger partial charge on any atom is -0.376 e. The summed E-state index contributed by atoms with van der Waals surface area (Å²) in [7, 11) is 0. The smallest absolute Gasteiger partial charge is 0.0948 e. The molecule has 0 N–H and O–H groups in total. The monoisotopic (exact) mass is 613 g/mol. The molecule has 6 heteroatoms. The summed E-state index contributed by atoms with van der Waals surface area (Å²) in [6.07, 6.45) is 12.9. The Morgan fingerprint density at radius 2 is 1.02 bits per heavy atom. The summed E-state index contributed by atoms with van der Waals surface area (Å²) in [6, 6.07) is 29.9. The van der Waals surface area contributed by atoms with Crippen molar-refractivity contribution < 1.29 is 14.2 Å². The molecular weight excluding hydrogens is 558 g/mol. The lowest BCUT2D eigenvalue weighted by Gasteiger charge is -2.32. The Morgan fingerprint density at radius 3 is 1.51 bits per heavy atom. The Hall–Kier alpha value is -3.15. The van der Waals surface area contributed by atoms with Crippen LogP contribution in [0, 0.1) is 5.92 Å². The molecule has 0 aliphatic heterocycles. The van der Waals surface area contributed by atoms with Gasteiger partial charge in [0.25, 0.3) is 0 Å². The molecule has 3 aromatic carbocycles. The van der Waals surface area contributed by atoms with Gasteiger partial charge in [-0.15, -0.1) is 0 Å². The fourth-order valence-electron chi connectivity index (χ4n) is 5.62. The van der Waals surface area contributed by atoms with Crippen molar-refractivity contribution in [3.8, 4) is 0 Å². The summed E-state index contributed by atoms with van der Waals surface area (Å²) in [6.45, 7) is 6.19.